The van der Waals surface area contributed by atoms with Gasteiger partial charge in [-0.05, 0) is 49.2 Å². The molecule has 34 heavy (non-hydrogen) atoms. The largest absolute Gasteiger partial charge is 0.504 e. The molecule has 0 aliphatic carbocycles. The van der Waals surface area contributed by atoms with Gasteiger partial charge in [0.15, 0.2) is 17.1 Å². The summed E-state index contributed by atoms with van der Waals surface area (Å²) in [6.07, 6.45) is 4.54. The first-order chi connectivity index (χ1) is 16.5. The Hall–Kier alpha value is -4.14. The summed E-state index contributed by atoms with van der Waals surface area (Å²) in [7, 11) is 0. The van der Waals surface area contributed by atoms with Crippen LogP contribution in [0.2, 0.25) is 0 Å². The van der Waals surface area contributed by atoms with Gasteiger partial charge in [-0.1, -0.05) is 31.9 Å². The Labute approximate surface area is 197 Å². The third-order valence-corrected chi connectivity index (χ3v) is 5.37. The lowest BCUT2D eigenvalue weighted by Crippen LogP contribution is -2.25. The summed E-state index contributed by atoms with van der Waals surface area (Å²) in [5.41, 5.74) is 9.46. The molecule has 4 N–H and O–H groups in total. The van der Waals surface area contributed by atoms with Gasteiger partial charge in [-0.25, -0.2) is 9.97 Å². The van der Waals surface area contributed by atoms with Crippen molar-refractivity contribution >= 4 is 40.1 Å². The van der Waals surface area contributed by atoms with E-state index in [0.29, 0.717) is 46.7 Å². The molecule has 0 aliphatic rings. The number of para-hydroxylation sites is 2. The number of nitrogens with one attached hydrogen (secondary N) is 1. The molecule has 9 heteroatoms. The van der Waals surface area contributed by atoms with E-state index in [1.165, 1.54) is 10.7 Å². The fourth-order valence-corrected chi connectivity index (χ4v) is 3.66. The fourth-order valence-electron chi connectivity index (χ4n) is 3.66. The Morgan fingerprint density at radius 2 is 1.94 bits per heavy atom. The number of carbonyl (C=O) groups excluding carboxylic acids is 1. The number of hydrogen-bond acceptors (Lipinski definition) is 7. The zero-order valence-electron chi connectivity index (χ0n) is 19.3. The molecule has 176 valence electrons. The third kappa shape index (κ3) is 4.63. The predicted octanol–water partition coefficient (Wildman–Crippen LogP) is 4.07. The van der Waals surface area contributed by atoms with Crippen LogP contribution in [-0.4, -0.2) is 45.0 Å². The van der Waals surface area contributed by atoms with E-state index in [-0.39, 0.29) is 23.0 Å². The highest BCUT2D eigenvalue weighted by atomic mass is 16.5. The van der Waals surface area contributed by atoms with Gasteiger partial charge in [0, 0.05) is 6.54 Å². The highest BCUT2D eigenvalue weighted by Crippen LogP contribution is 2.29. The number of anilines is 1. The van der Waals surface area contributed by atoms with E-state index >= 15 is 0 Å². The summed E-state index contributed by atoms with van der Waals surface area (Å²) >= 11 is 0. The molecule has 0 unspecified atom stereocenters. The minimum Gasteiger partial charge on any atom is -0.504 e. The molecular formula is C25H28N6O3. The zero-order chi connectivity index (χ0) is 24.1. The van der Waals surface area contributed by atoms with Crippen LogP contribution < -0.4 is 15.8 Å². The van der Waals surface area contributed by atoms with Gasteiger partial charge in [0.1, 0.15) is 16.9 Å². The predicted molar refractivity (Wildman–Crippen MR) is 134 cm³/mol. The van der Waals surface area contributed by atoms with Crippen molar-refractivity contribution in [2.24, 2.45) is 5.10 Å². The number of benzene rings is 2. The van der Waals surface area contributed by atoms with Crippen molar-refractivity contribution in [1.82, 2.24) is 20.0 Å². The number of amides is 1. The second-order valence-corrected chi connectivity index (χ2v) is 7.82. The van der Waals surface area contributed by atoms with Gasteiger partial charge in [0.05, 0.1) is 23.9 Å². The molecule has 2 aromatic carbocycles. The molecule has 4 aromatic rings. The van der Waals surface area contributed by atoms with Crippen LogP contribution in [0.1, 0.15) is 49.0 Å². The molecule has 9 nitrogen and oxygen atoms in total. The van der Waals surface area contributed by atoms with Crippen LogP contribution in [0.4, 0.5) is 5.82 Å². The van der Waals surface area contributed by atoms with Crippen molar-refractivity contribution in [3.63, 3.8) is 0 Å². The molecule has 2 heterocycles. The van der Waals surface area contributed by atoms with Gasteiger partial charge in [-0.2, -0.15) is 9.78 Å². The second-order valence-electron chi connectivity index (χ2n) is 7.82. The lowest BCUT2D eigenvalue weighted by molar-refractivity contribution is 0.0955. The van der Waals surface area contributed by atoms with Crippen molar-refractivity contribution in [1.29, 1.82) is 0 Å². The van der Waals surface area contributed by atoms with Crippen molar-refractivity contribution in [3.05, 3.63) is 53.6 Å². The van der Waals surface area contributed by atoms with E-state index < -0.39 is 0 Å². The normalized spacial score (nSPS) is 11.5. The SMILES string of the molecule is CCCCCNC(=O)c1c(N)n(N=Cc2ccc(O)c(OCC)c2)c2nc3ccccc3nc12. The Bertz CT molecular complexity index is 1360. The fraction of sp³-hybridized carbons (Fsp3) is 0.280. The number of ether oxygens (including phenoxy) is 1. The van der Waals surface area contributed by atoms with Crippen LogP contribution in [0.25, 0.3) is 22.2 Å². The average Bonchev–Trinajstić information content (AvgIpc) is 3.11. The number of rotatable bonds is 9. The minimum absolute atomic E-state index is 0.0456. The summed E-state index contributed by atoms with van der Waals surface area (Å²) in [5, 5.41) is 17.4. The van der Waals surface area contributed by atoms with Crippen molar-refractivity contribution in [2.45, 2.75) is 33.1 Å². The lowest BCUT2D eigenvalue weighted by atomic mass is 10.2. The Morgan fingerprint density at radius 3 is 2.68 bits per heavy atom. The van der Waals surface area contributed by atoms with Crippen LogP contribution in [0, 0.1) is 0 Å². The lowest BCUT2D eigenvalue weighted by Gasteiger charge is -2.06. The van der Waals surface area contributed by atoms with E-state index in [4.69, 9.17) is 10.5 Å². The van der Waals surface area contributed by atoms with Crippen molar-refractivity contribution in [3.8, 4) is 11.5 Å². The topological polar surface area (TPSA) is 128 Å². The second kappa shape index (κ2) is 10.2. The van der Waals surface area contributed by atoms with Crippen molar-refractivity contribution < 1.29 is 14.6 Å². The smallest absolute Gasteiger partial charge is 0.257 e. The Morgan fingerprint density at radius 1 is 1.18 bits per heavy atom. The summed E-state index contributed by atoms with van der Waals surface area (Å²) in [4.78, 5) is 22.4. The molecule has 1 amide bonds. The number of aromatic hydroxyl groups is 1. The molecule has 2 aromatic heterocycles. The molecule has 0 saturated heterocycles. The molecule has 0 atom stereocenters. The Kier molecular flexibility index (Phi) is 6.91. The number of unbranched alkanes of at least 4 members (excludes halogenated alkanes) is 2. The van der Waals surface area contributed by atoms with Gasteiger partial charge in [0.2, 0.25) is 0 Å². The number of carbonyl (C=O) groups is 1. The molecule has 0 fully saturated rings. The molecule has 0 saturated carbocycles. The number of nitrogens with two attached hydrogens (primary N) is 1. The number of phenols is 1. The first-order valence-corrected chi connectivity index (χ1v) is 11.4. The highest BCUT2D eigenvalue weighted by molar-refractivity contribution is 6.10. The molecule has 4 rings (SSSR count). The van der Waals surface area contributed by atoms with E-state index in [0.717, 1.165) is 19.3 Å². The zero-order valence-corrected chi connectivity index (χ0v) is 19.3. The first kappa shape index (κ1) is 23.0. The Balaban J connectivity index is 1.79. The molecular weight excluding hydrogens is 432 g/mol. The number of nitrogens with zero attached hydrogens (tertiary/aromatic N) is 4. The maximum Gasteiger partial charge on any atom is 0.257 e. The standard InChI is InChI=1S/C25H28N6O3/c1-3-5-8-13-27-25(33)21-22-24(30-18-10-7-6-9-17(18)29-22)31(23(21)26)28-15-16-11-12-19(32)20(14-16)34-4-2/h6-7,9-12,14-15,32H,3-5,8,13,26H2,1-2H3,(H,27,33). The molecule has 0 bridgehead atoms. The number of fused-ring (bicyclic) bond motifs is 2. The quantitative estimate of drug-likeness (QED) is 0.255. The summed E-state index contributed by atoms with van der Waals surface area (Å²) in [6.45, 7) is 4.92. The molecule has 0 aliphatic heterocycles. The number of hydrogen-bond donors (Lipinski definition) is 3. The van der Waals surface area contributed by atoms with Gasteiger partial charge >= 0.3 is 0 Å². The first-order valence-electron chi connectivity index (χ1n) is 11.4. The average molecular weight is 461 g/mol. The highest BCUT2D eigenvalue weighted by Gasteiger charge is 2.23. The van der Waals surface area contributed by atoms with Crippen LogP contribution in [0.3, 0.4) is 0 Å². The van der Waals surface area contributed by atoms with E-state index in [1.54, 1.807) is 18.3 Å². The third-order valence-electron chi connectivity index (χ3n) is 5.37. The van der Waals surface area contributed by atoms with Gasteiger partial charge in [-0.3, -0.25) is 4.79 Å². The van der Waals surface area contributed by atoms with Gasteiger partial charge < -0.3 is 20.9 Å². The maximum atomic E-state index is 13.1. The summed E-state index contributed by atoms with van der Waals surface area (Å²) < 4.78 is 6.86. The minimum atomic E-state index is -0.305. The number of phenolic OH excluding ortho intramolecular Hbond substituents is 1. The maximum absolute atomic E-state index is 13.1. The van der Waals surface area contributed by atoms with E-state index in [9.17, 15) is 9.90 Å². The number of nitrogen functional groups attached to an aromatic ring is 1. The van der Waals surface area contributed by atoms with Crippen molar-refractivity contribution in [2.75, 3.05) is 18.9 Å². The van der Waals surface area contributed by atoms with Crippen LogP contribution in [0.5, 0.6) is 11.5 Å². The van der Waals surface area contributed by atoms with Crippen LogP contribution in [0.15, 0.2) is 47.6 Å². The van der Waals surface area contributed by atoms with E-state index in [1.807, 2.05) is 31.2 Å². The molecule has 0 radical (unpaired) electrons. The van der Waals surface area contributed by atoms with Crippen LogP contribution in [-0.2, 0) is 0 Å². The monoisotopic (exact) mass is 460 g/mol. The van der Waals surface area contributed by atoms with Gasteiger partial charge in [0.25, 0.3) is 5.91 Å². The van der Waals surface area contributed by atoms with Gasteiger partial charge in [-0.15, -0.1) is 0 Å². The van der Waals surface area contributed by atoms with Crippen LogP contribution >= 0.6 is 0 Å². The number of aromatic nitrogens is 3. The van der Waals surface area contributed by atoms with E-state index in [2.05, 4.69) is 27.3 Å². The summed E-state index contributed by atoms with van der Waals surface area (Å²) in [5.74, 6) is 0.248. The molecule has 0 spiro atoms. The summed E-state index contributed by atoms with van der Waals surface area (Å²) in [6, 6.07) is 12.3.